The summed E-state index contributed by atoms with van der Waals surface area (Å²) in [4.78, 5) is 4.51. The fraction of sp³-hybridized carbons (Fsp3) is 0.500. The van der Waals surface area contributed by atoms with Crippen LogP contribution in [0.4, 0.5) is 4.39 Å². The van der Waals surface area contributed by atoms with Crippen LogP contribution in [0.15, 0.2) is 12.1 Å². The quantitative estimate of drug-likeness (QED) is 0.801. The van der Waals surface area contributed by atoms with Crippen molar-refractivity contribution >= 4 is 34.2 Å². The zero-order valence-corrected chi connectivity index (χ0v) is 12.6. The van der Waals surface area contributed by atoms with Gasteiger partial charge < -0.3 is 9.30 Å². The van der Waals surface area contributed by atoms with Crippen LogP contribution in [0.2, 0.25) is 5.02 Å². The number of alkyl halides is 1. The highest BCUT2D eigenvalue weighted by Gasteiger charge is 2.29. The van der Waals surface area contributed by atoms with E-state index in [9.17, 15) is 4.39 Å². The summed E-state index contributed by atoms with van der Waals surface area (Å²) >= 11 is 11.8. The van der Waals surface area contributed by atoms with Crippen molar-refractivity contribution in [1.82, 2.24) is 9.55 Å². The molecule has 1 aliphatic rings. The third-order valence-corrected chi connectivity index (χ3v) is 4.27. The molecular weight excluding hydrogens is 302 g/mol. The Balaban J connectivity index is 2.20. The average molecular weight is 317 g/mol. The lowest BCUT2D eigenvalue weighted by Gasteiger charge is -2.19. The van der Waals surface area contributed by atoms with Gasteiger partial charge in [-0.05, 0) is 19.4 Å². The van der Waals surface area contributed by atoms with Crippen LogP contribution >= 0.6 is 23.2 Å². The Morgan fingerprint density at radius 2 is 2.30 bits per heavy atom. The van der Waals surface area contributed by atoms with Gasteiger partial charge in [0.15, 0.2) is 0 Å². The van der Waals surface area contributed by atoms with Gasteiger partial charge in [-0.1, -0.05) is 11.6 Å². The fourth-order valence-corrected chi connectivity index (χ4v) is 3.16. The standard InChI is InChI=1S/C14H15Cl2FN2O/c1-8-12(3-5-20-8)19-13-6-9(16)10(17)7-11(13)18-14(19)2-4-15/h6-8,12H,2-5H2,1H3. The minimum absolute atomic E-state index is 0.102. The first-order valence-electron chi connectivity index (χ1n) is 6.65. The van der Waals surface area contributed by atoms with Crippen molar-refractivity contribution in [3.63, 3.8) is 0 Å². The molecule has 2 heterocycles. The molecule has 0 saturated carbocycles. The summed E-state index contributed by atoms with van der Waals surface area (Å²) in [5, 5.41) is 0.114. The summed E-state index contributed by atoms with van der Waals surface area (Å²) in [6, 6.07) is 3.22. The number of rotatable bonds is 3. The summed E-state index contributed by atoms with van der Waals surface area (Å²) in [6.45, 7) is 2.76. The first kappa shape index (κ1) is 14.1. The van der Waals surface area contributed by atoms with Gasteiger partial charge in [0.1, 0.15) is 11.6 Å². The first-order valence-corrected chi connectivity index (χ1v) is 7.56. The molecule has 3 nitrogen and oxygen atoms in total. The molecule has 1 aromatic heterocycles. The summed E-state index contributed by atoms with van der Waals surface area (Å²) in [6.07, 6.45) is 1.65. The Morgan fingerprint density at radius 1 is 1.50 bits per heavy atom. The number of ether oxygens (including phenoxy) is 1. The normalized spacial score (nSPS) is 22.8. The molecule has 6 heteroatoms. The highest BCUT2D eigenvalue weighted by atomic mass is 35.5. The molecule has 108 valence electrons. The van der Waals surface area contributed by atoms with Crippen LogP contribution in [0, 0.1) is 5.82 Å². The number of benzene rings is 1. The third-order valence-electron chi connectivity index (χ3n) is 3.79. The van der Waals surface area contributed by atoms with Gasteiger partial charge >= 0.3 is 0 Å². The predicted molar refractivity (Wildman–Crippen MR) is 78.2 cm³/mol. The molecule has 0 amide bonds. The van der Waals surface area contributed by atoms with Crippen LogP contribution < -0.4 is 0 Å². The summed E-state index contributed by atoms with van der Waals surface area (Å²) in [5.74, 6) is 0.887. The van der Waals surface area contributed by atoms with Gasteiger partial charge in [0.2, 0.25) is 0 Å². The van der Waals surface area contributed by atoms with Crippen LogP contribution in [0.25, 0.3) is 11.0 Å². The van der Waals surface area contributed by atoms with Gasteiger partial charge in [-0.15, -0.1) is 11.6 Å². The Hall–Kier alpha value is -0.840. The molecule has 0 bridgehead atoms. The molecule has 2 atom stereocenters. The van der Waals surface area contributed by atoms with E-state index in [1.807, 2.05) is 6.92 Å². The van der Waals surface area contributed by atoms with Gasteiger partial charge in [0, 0.05) is 25.0 Å². The Bertz CT molecular complexity index is 644. The van der Waals surface area contributed by atoms with E-state index in [4.69, 9.17) is 27.9 Å². The first-order chi connectivity index (χ1) is 9.61. The molecule has 0 radical (unpaired) electrons. The largest absolute Gasteiger partial charge is 0.376 e. The zero-order valence-electron chi connectivity index (χ0n) is 11.1. The van der Waals surface area contributed by atoms with Gasteiger partial charge in [0.25, 0.3) is 0 Å². The average Bonchev–Trinajstić information content (AvgIpc) is 2.94. The number of imidazole rings is 1. The maximum atomic E-state index is 13.6. The van der Waals surface area contributed by atoms with E-state index in [0.29, 0.717) is 17.8 Å². The summed E-state index contributed by atoms with van der Waals surface area (Å²) < 4.78 is 21.3. The van der Waals surface area contributed by atoms with Crippen molar-refractivity contribution < 1.29 is 9.13 Å². The van der Waals surface area contributed by atoms with E-state index in [2.05, 4.69) is 9.55 Å². The molecule has 2 unspecified atom stereocenters. The molecule has 0 spiro atoms. The van der Waals surface area contributed by atoms with Crippen molar-refractivity contribution in [2.75, 3.05) is 12.5 Å². The van der Waals surface area contributed by atoms with E-state index >= 15 is 0 Å². The van der Waals surface area contributed by atoms with Gasteiger partial charge in [-0.2, -0.15) is 0 Å². The van der Waals surface area contributed by atoms with Crippen LogP contribution in [-0.4, -0.2) is 28.1 Å². The van der Waals surface area contributed by atoms with Crippen LogP contribution in [0.5, 0.6) is 0 Å². The van der Waals surface area contributed by atoms with Crippen molar-refractivity contribution in [3.8, 4) is 0 Å². The fourth-order valence-electron chi connectivity index (χ4n) is 2.83. The van der Waals surface area contributed by atoms with E-state index < -0.39 is 5.82 Å². The molecule has 1 fully saturated rings. The third kappa shape index (κ3) is 2.30. The second kappa shape index (κ2) is 5.51. The number of aromatic nitrogens is 2. The van der Waals surface area contributed by atoms with Crippen LogP contribution in [0.1, 0.15) is 25.2 Å². The minimum atomic E-state index is -0.447. The smallest absolute Gasteiger partial charge is 0.144 e. The number of hydrogen-bond donors (Lipinski definition) is 0. The predicted octanol–water partition coefficient (Wildman–Crippen LogP) is 3.96. The molecule has 0 N–H and O–H groups in total. The summed E-state index contributed by atoms with van der Waals surface area (Å²) in [7, 11) is 0. The Kier molecular flexibility index (Phi) is 3.89. The maximum absolute atomic E-state index is 13.6. The topological polar surface area (TPSA) is 27.1 Å². The van der Waals surface area contributed by atoms with Crippen molar-refractivity contribution in [2.24, 2.45) is 0 Å². The number of hydrogen-bond acceptors (Lipinski definition) is 2. The second-order valence-electron chi connectivity index (χ2n) is 5.02. The van der Waals surface area contributed by atoms with Crippen LogP contribution in [-0.2, 0) is 11.2 Å². The molecule has 0 aliphatic carbocycles. The molecule has 20 heavy (non-hydrogen) atoms. The van der Waals surface area contributed by atoms with Gasteiger partial charge in [-0.25, -0.2) is 9.37 Å². The van der Waals surface area contributed by atoms with Gasteiger partial charge in [-0.3, -0.25) is 0 Å². The van der Waals surface area contributed by atoms with Crippen LogP contribution in [0.3, 0.4) is 0 Å². The highest BCUT2D eigenvalue weighted by molar-refractivity contribution is 6.31. The SMILES string of the molecule is CC1OCCC1n1c(CCCl)nc2cc(F)c(Cl)cc21. The lowest BCUT2D eigenvalue weighted by Crippen LogP contribution is -2.19. The molecule has 2 aromatic rings. The van der Waals surface area contributed by atoms with Gasteiger partial charge in [0.05, 0.1) is 28.2 Å². The van der Waals surface area contributed by atoms with Crippen molar-refractivity contribution in [2.45, 2.75) is 31.9 Å². The van der Waals surface area contributed by atoms with E-state index in [1.165, 1.54) is 6.07 Å². The summed E-state index contributed by atoms with van der Waals surface area (Å²) in [5.41, 5.74) is 1.46. The number of aryl methyl sites for hydroxylation is 1. The molecular formula is C14H15Cl2FN2O. The van der Waals surface area contributed by atoms with Crippen molar-refractivity contribution in [1.29, 1.82) is 0 Å². The van der Waals surface area contributed by atoms with E-state index in [1.54, 1.807) is 6.07 Å². The Morgan fingerprint density at radius 3 is 2.95 bits per heavy atom. The lowest BCUT2D eigenvalue weighted by molar-refractivity contribution is 0.108. The highest BCUT2D eigenvalue weighted by Crippen LogP contribution is 2.33. The van der Waals surface area contributed by atoms with E-state index in [-0.39, 0.29) is 17.2 Å². The molecule has 1 aromatic carbocycles. The number of halogens is 3. The zero-order chi connectivity index (χ0) is 14.3. The lowest BCUT2D eigenvalue weighted by atomic mass is 10.1. The molecule has 3 rings (SSSR count). The second-order valence-corrected chi connectivity index (χ2v) is 5.81. The monoisotopic (exact) mass is 316 g/mol. The van der Waals surface area contributed by atoms with Crippen molar-refractivity contribution in [3.05, 3.63) is 28.8 Å². The maximum Gasteiger partial charge on any atom is 0.144 e. The van der Waals surface area contributed by atoms with E-state index in [0.717, 1.165) is 24.4 Å². The number of nitrogens with zero attached hydrogens (tertiary/aromatic N) is 2. The minimum Gasteiger partial charge on any atom is -0.376 e. The molecule has 1 aliphatic heterocycles. The molecule has 1 saturated heterocycles. The number of fused-ring (bicyclic) bond motifs is 1. The Labute approximate surface area is 126 Å².